The maximum Gasteiger partial charge on any atom is 0.254 e. The molecule has 0 radical (unpaired) electrons. The van der Waals surface area contributed by atoms with Crippen LogP contribution in [0.1, 0.15) is 30.1 Å². The Morgan fingerprint density at radius 2 is 2.17 bits per heavy atom. The van der Waals surface area contributed by atoms with E-state index >= 15 is 0 Å². The van der Waals surface area contributed by atoms with Gasteiger partial charge in [0.2, 0.25) is 0 Å². The first-order valence-electron chi connectivity index (χ1n) is 6.24. The molecule has 5 heteroatoms. The number of amides is 1. The van der Waals surface area contributed by atoms with Crippen LogP contribution < -0.4 is 10.2 Å². The molecule has 0 bridgehead atoms. The van der Waals surface area contributed by atoms with Gasteiger partial charge in [-0.05, 0) is 40.8 Å². The minimum absolute atomic E-state index is 0.0857. The second kappa shape index (κ2) is 5.69. The third-order valence-electron chi connectivity index (χ3n) is 3.39. The lowest BCUT2D eigenvalue weighted by atomic mass is 9.99. The van der Waals surface area contributed by atoms with Gasteiger partial charge in [-0.3, -0.25) is 4.79 Å². The number of rotatable bonds is 2. The van der Waals surface area contributed by atoms with E-state index < -0.39 is 0 Å². The highest BCUT2D eigenvalue weighted by molar-refractivity contribution is 9.10. The second-order valence-corrected chi connectivity index (χ2v) is 5.69. The van der Waals surface area contributed by atoms with Gasteiger partial charge >= 0.3 is 0 Å². The highest BCUT2D eigenvalue weighted by Gasteiger charge is 2.22. The number of carbonyl (C=O) groups is 1. The molecule has 2 rings (SSSR count). The van der Waals surface area contributed by atoms with Gasteiger partial charge < -0.3 is 10.2 Å². The maximum absolute atomic E-state index is 11.9. The fourth-order valence-corrected chi connectivity index (χ4v) is 2.54. The lowest BCUT2D eigenvalue weighted by Crippen LogP contribution is -2.35. The summed E-state index contributed by atoms with van der Waals surface area (Å²) >= 11 is 3.37. The Balaban J connectivity index is 2.29. The zero-order valence-corrected chi connectivity index (χ0v) is 12.3. The predicted octanol–water partition coefficient (Wildman–Crippen LogP) is 2.44. The Labute approximate surface area is 116 Å². The van der Waals surface area contributed by atoms with Crippen molar-refractivity contribution in [1.82, 2.24) is 10.3 Å². The molecule has 1 aliphatic heterocycles. The average molecular weight is 312 g/mol. The highest BCUT2D eigenvalue weighted by Crippen LogP contribution is 2.26. The molecule has 98 valence electrons. The van der Waals surface area contributed by atoms with Gasteiger partial charge in [-0.2, -0.15) is 0 Å². The third-order valence-corrected chi connectivity index (χ3v) is 3.82. The fraction of sp³-hybridized carbons (Fsp3) is 0.538. The predicted molar refractivity (Wildman–Crippen MR) is 75.9 cm³/mol. The van der Waals surface area contributed by atoms with Crippen molar-refractivity contribution >= 4 is 27.7 Å². The number of pyridine rings is 1. The molecule has 0 saturated carbocycles. The number of hydrogen-bond acceptors (Lipinski definition) is 3. The zero-order chi connectivity index (χ0) is 13.1. The minimum atomic E-state index is -0.0857. The lowest BCUT2D eigenvalue weighted by molar-refractivity contribution is 0.0963. The van der Waals surface area contributed by atoms with Crippen molar-refractivity contribution < 1.29 is 4.79 Å². The summed E-state index contributed by atoms with van der Waals surface area (Å²) in [6.07, 6.45) is 4.07. The number of nitrogens with one attached hydrogen (secondary N) is 1. The van der Waals surface area contributed by atoms with E-state index in [4.69, 9.17) is 0 Å². The summed E-state index contributed by atoms with van der Waals surface area (Å²) in [6, 6.07) is 1.83. The molecule has 1 fully saturated rings. The number of anilines is 1. The molecule has 1 aliphatic rings. The van der Waals surface area contributed by atoms with Crippen molar-refractivity contribution in [1.29, 1.82) is 0 Å². The summed E-state index contributed by atoms with van der Waals surface area (Å²) < 4.78 is 0.829. The summed E-state index contributed by atoms with van der Waals surface area (Å²) in [7, 11) is 1.64. The van der Waals surface area contributed by atoms with E-state index in [2.05, 4.69) is 38.1 Å². The highest BCUT2D eigenvalue weighted by atomic mass is 79.9. The van der Waals surface area contributed by atoms with Crippen molar-refractivity contribution in [3.05, 3.63) is 22.3 Å². The number of aromatic nitrogens is 1. The van der Waals surface area contributed by atoms with E-state index in [0.717, 1.165) is 42.1 Å². The van der Waals surface area contributed by atoms with Crippen LogP contribution in [0.15, 0.2) is 16.7 Å². The molecule has 1 aromatic heterocycles. The van der Waals surface area contributed by atoms with Crippen LogP contribution in [-0.4, -0.2) is 31.0 Å². The molecule has 18 heavy (non-hydrogen) atoms. The molecule has 1 aromatic rings. The van der Waals surface area contributed by atoms with Gasteiger partial charge in [-0.15, -0.1) is 0 Å². The first-order chi connectivity index (χ1) is 8.61. The van der Waals surface area contributed by atoms with Crippen LogP contribution in [0.25, 0.3) is 0 Å². The first kappa shape index (κ1) is 13.3. The summed E-state index contributed by atoms with van der Waals surface area (Å²) in [6.45, 7) is 4.21. The topological polar surface area (TPSA) is 45.2 Å². The van der Waals surface area contributed by atoms with Gasteiger partial charge in [0, 0.05) is 30.8 Å². The summed E-state index contributed by atoms with van der Waals surface area (Å²) in [5, 5.41) is 2.67. The fourth-order valence-electron chi connectivity index (χ4n) is 2.21. The van der Waals surface area contributed by atoms with Gasteiger partial charge in [0.15, 0.2) is 0 Å². The smallest absolute Gasteiger partial charge is 0.254 e. The molecule has 1 saturated heterocycles. The van der Waals surface area contributed by atoms with E-state index in [1.807, 2.05) is 6.07 Å². The molecule has 0 spiro atoms. The van der Waals surface area contributed by atoms with Gasteiger partial charge in [0.05, 0.1) is 5.56 Å². The number of piperidine rings is 1. The molecule has 1 amide bonds. The Hall–Kier alpha value is -1.10. The van der Waals surface area contributed by atoms with E-state index in [1.165, 1.54) is 0 Å². The standard InChI is InChI=1S/C13H18BrN3O/c1-9-3-5-17(6-4-9)12-11(13(18)15-2)7-10(14)8-16-12/h7-9H,3-6H2,1-2H3,(H,15,18). The first-order valence-corrected chi connectivity index (χ1v) is 7.03. The molecule has 4 nitrogen and oxygen atoms in total. The van der Waals surface area contributed by atoms with Crippen molar-refractivity contribution in [2.75, 3.05) is 25.0 Å². The van der Waals surface area contributed by atoms with Crippen LogP contribution in [-0.2, 0) is 0 Å². The van der Waals surface area contributed by atoms with Crippen LogP contribution in [0.4, 0.5) is 5.82 Å². The number of halogens is 1. The normalized spacial score (nSPS) is 16.7. The van der Waals surface area contributed by atoms with Crippen molar-refractivity contribution in [2.24, 2.45) is 5.92 Å². The Morgan fingerprint density at radius 1 is 1.50 bits per heavy atom. The molecule has 0 unspecified atom stereocenters. The van der Waals surface area contributed by atoms with Gasteiger partial charge in [0.25, 0.3) is 5.91 Å². The van der Waals surface area contributed by atoms with Crippen LogP contribution in [0, 0.1) is 5.92 Å². The quantitative estimate of drug-likeness (QED) is 0.912. The molecule has 0 atom stereocenters. The van der Waals surface area contributed by atoms with Crippen LogP contribution in [0.2, 0.25) is 0 Å². The van der Waals surface area contributed by atoms with E-state index in [9.17, 15) is 4.79 Å². The molecule has 2 heterocycles. The Bertz CT molecular complexity index is 442. The van der Waals surface area contributed by atoms with E-state index in [1.54, 1.807) is 13.2 Å². The second-order valence-electron chi connectivity index (χ2n) is 4.77. The molecular weight excluding hydrogens is 294 g/mol. The molecule has 0 aromatic carbocycles. The third kappa shape index (κ3) is 2.83. The van der Waals surface area contributed by atoms with Gasteiger partial charge in [-0.25, -0.2) is 4.98 Å². The molecular formula is C13H18BrN3O. The summed E-state index contributed by atoms with van der Waals surface area (Å²) in [5.41, 5.74) is 0.640. The molecule has 1 N–H and O–H groups in total. The molecule has 0 aliphatic carbocycles. The Morgan fingerprint density at radius 3 is 2.78 bits per heavy atom. The summed E-state index contributed by atoms with van der Waals surface area (Å²) in [4.78, 5) is 18.5. The largest absolute Gasteiger partial charge is 0.356 e. The average Bonchev–Trinajstić information content (AvgIpc) is 2.39. The minimum Gasteiger partial charge on any atom is -0.356 e. The van der Waals surface area contributed by atoms with Crippen LogP contribution in [0.5, 0.6) is 0 Å². The van der Waals surface area contributed by atoms with Crippen molar-refractivity contribution in [3.63, 3.8) is 0 Å². The zero-order valence-electron chi connectivity index (χ0n) is 10.7. The SMILES string of the molecule is CNC(=O)c1cc(Br)cnc1N1CCC(C)CC1. The number of hydrogen-bond donors (Lipinski definition) is 1. The van der Waals surface area contributed by atoms with Crippen molar-refractivity contribution in [2.45, 2.75) is 19.8 Å². The van der Waals surface area contributed by atoms with Gasteiger partial charge in [-0.1, -0.05) is 6.92 Å². The lowest BCUT2D eigenvalue weighted by Gasteiger charge is -2.32. The maximum atomic E-state index is 11.9. The van der Waals surface area contributed by atoms with Gasteiger partial charge in [0.1, 0.15) is 5.82 Å². The number of carbonyl (C=O) groups excluding carboxylic acids is 1. The van der Waals surface area contributed by atoms with Crippen LogP contribution in [0.3, 0.4) is 0 Å². The van der Waals surface area contributed by atoms with Crippen molar-refractivity contribution in [3.8, 4) is 0 Å². The summed E-state index contributed by atoms with van der Waals surface area (Å²) in [5.74, 6) is 1.47. The Kier molecular flexibility index (Phi) is 4.22. The van der Waals surface area contributed by atoms with E-state index in [-0.39, 0.29) is 5.91 Å². The number of nitrogens with zero attached hydrogens (tertiary/aromatic N) is 2. The monoisotopic (exact) mass is 311 g/mol. The van der Waals surface area contributed by atoms with Crippen LogP contribution >= 0.6 is 15.9 Å². The van der Waals surface area contributed by atoms with E-state index in [0.29, 0.717) is 5.56 Å².